The van der Waals surface area contributed by atoms with Crippen LogP contribution < -0.4 is 5.32 Å². The summed E-state index contributed by atoms with van der Waals surface area (Å²) in [5.74, 6) is 0. The minimum Gasteiger partial charge on any atom is -0.384 e. The minimum atomic E-state index is -0.399. The molecule has 0 aliphatic heterocycles. The molecule has 0 aliphatic carbocycles. The third-order valence-corrected chi connectivity index (χ3v) is 2.49. The third-order valence-electron chi connectivity index (χ3n) is 2.49. The molecule has 0 fully saturated rings. The highest BCUT2D eigenvalue weighted by Gasteiger charge is 2.04. The fourth-order valence-corrected chi connectivity index (χ4v) is 1.61. The minimum absolute atomic E-state index is 0.0952. The largest absolute Gasteiger partial charge is 0.384 e. The zero-order valence-electron chi connectivity index (χ0n) is 9.74. The molecule has 5 heteroatoms. The van der Waals surface area contributed by atoms with Crippen LogP contribution in [0.15, 0.2) is 48.7 Å². The van der Waals surface area contributed by atoms with Crippen LogP contribution in [-0.2, 0) is 6.42 Å². The van der Waals surface area contributed by atoms with E-state index in [1.165, 1.54) is 12.1 Å². The van der Waals surface area contributed by atoms with Crippen molar-refractivity contribution in [2.75, 3.05) is 11.9 Å². The lowest BCUT2D eigenvalue weighted by Crippen LogP contribution is -2.05. The standard InChI is InChI=1S/C13H13N3O2/c17-16(18)13-6-3-5-12(10-13)15-9-7-11-4-1-2-8-14-11/h1-6,8,10,15H,7,9H2. The van der Waals surface area contributed by atoms with Gasteiger partial charge in [-0.15, -0.1) is 0 Å². The normalized spacial score (nSPS) is 10.0. The van der Waals surface area contributed by atoms with Gasteiger partial charge in [-0.1, -0.05) is 12.1 Å². The van der Waals surface area contributed by atoms with Crippen molar-refractivity contribution in [1.82, 2.24) is 4.98 Å². The summed E-state index contributed by atoms with van der Waals surface area (Å²) in [5, 5.41) is 13.8. The van der Waals surface area contributed by atoms with Gasteiger partial charge in [0.25, 0.3) is 5.69 Å². The summed E-state index contributed by atoms with van der Waals surface area (Å²) in [6.45, 7) is 0.693. The van der Waals surface area contributed by atoms with Crippen LogP contribution in [0.4, 0.5) is 11.4 Å². The van der Waals surface area contributed by atoms with E-state index in [9.17, 15) is 10.1 Å². The van der Waals surface area contributed by atoms with Gasteiger partial charge in [-0.2, -0.15) is 0 Å². The molecule has 18 heavy (non-hydrogen) atoms. The maximum absolute atomic E-state index is 10.6. The van der Waals surface area contributed by atoms with Gasteiger partial charge in [0.2, 0.25) is 0 Å². The van der Waals surface area contributed by atoms with Gasteiger partial charge in [-0.25, -0.2) is 0 Å². The molecule has 5 nitrogen and oxygen atoms in total. The van der Waals surface area contributed by atoms with Gasteiger partial charge in [-0.3, -0.25) is 15.1 Å². The monoisotopic (exact) mass is 243 g/mol. The number of nitro benzene ring substituents is 1. The highest BCUT2D eigenvalue weighted by atomic mass is 16.6. The molecule has 1 aromatic carbocycles. The Morgan fingerprint density at radius 2 is 2.11 bits per heavy atom. The van der Waals surface area contributed by atoms with E-state index in [1.54, 1.807) is 12.3 Å². The fourth-order valence-electron chi connectivity index (χ4n) is 1.61. The van der Waals surface area contributed by atoms with Crippen molar-refractivity contribution >= 4 is 11.4 Å². The van der Waals surface area contributed by atoms with Crippen LogP contribution in [0.2, 0.25) is 0 Å². The summed E-state index contributed by atoms with van der Waals surface area (Å²) in [5.41, 5.74) is 1.84. The van der Waals surface area contributed by atoms with Gasteiger partial charge in [-0.05, 0) is 18.2 Å². The Bertz CT molecular complexity index is 529. The zero-order valence-corrected chi connectivity index (χ0v) is 9.74. The van der Waals surface area contributed by atoms with Gasteiger partial charge in [0.05, 0.1) is 4.92 Å². The van der Waals surface area contributed by atoms with E-state index >= 15 is 0 Å². The van der Waals surface area contributed by atoms with Gasteiger partial charge >= 0.3 is 0 Å². The number of nitrogens with one attached hydrogen (secondary N) is 1. The maximum atomic E-state index is 10.6. The number of nitrogens with zero attached hydrogens (tertiary/aromatic N) is 2. The van der Waals surface area contributed by atoms with E-state index in [0.29, 0.717) is 6.54 Å². The molecule has 0 saturated heterocycles. The molecule has 0 unspecified atom stereocenters. The lowest BCUT2D eigenvalue weighted by Gasteiger charge is -2.05. The second kappa shape index (κ2) is 5.77. The lowest BCUT2D eigenvalue weighted by atomic mass is 10.2. The Labute approximate surface area is 105 Å². The number of aromatic nitrogens is 1. The predicted octanol–water partition coefficient (Wildman–Crippen LogP) is 2.64. The van der Waals surface area contributed by atoms with Crippen LogP contribution in [0.1, 0.15) is 5.69 Å². The van der Waals surface area contributed by atoms with Crippen molar-refractivity contribution in [2.24, 2.45) is 0 Å². The summed E-state index contributed by atoms with van der Waals surface area (Å²) >= 11 is 0. The quantitative estimate of drug-likeness (QED) is 0.647. The topological polar surface area (TPSA) is 68.1 Å². The molecule has 1 aromatic heterocycles. The molecule has 0 atom stereocenters. The molecule has 0 bridgehead atoms. The number of hydrogen-bond donors (Lipinski definition) is 1. The van der Waals surface area contributed by atoms with E-state index in [-0.39, 0.29) is 5.69 Å². The highest BCUT2D eigenvalue weighted by Crippen LogP contribution is 2.16. The first-order valence-electron chi connectivity index (χ1n) is 5.64. The Morgan fingerprint density at radius 3 is 2.83 bits per heavy atom. The number of hydrogen-bond acceptors (Lipinski definition) is 4. The van der Waals surface area contributed by atoms with E-state index in [2.05, 4.69) is 10.3 Å². The molecule has 1 heterocycles. The van der Waals surface area contributed by atoms with Crippen LogP contribution in [0.5, 0.6) is 0 Å². The molecule has 0 aliphatic rings. The first-order chi connectivity index (χ1) is 8.75. The van der Waals surface area contributed by atoms with E-state index in [4.69, 9.17) is 0 Å². The van der Waals surface area contributed by atoms with Crippen LogP contribution >= 0.6 is 0 Å². The average Bonchev–Trinajstić information content (AvgIpc) is 2.40. The van der Waals surface area contributed by atoms with Crippen molar-refractivity contribution in [3.8, 4) is 0 Å². The lowest BCUT2D eigenvalue weighted by molar-refractivity contribution is -0.384. The SMILES string of the molecule is O=[N+]([O-])c1cccc(NCCc2ccccn2)c1. The molecule has 2 rings (SSSR count). The van der Waals surface area contributed by atoms with Crippen LogP contribution in [-0.4, -0.2) is 16.5 Å². The highest BCUT2D eigenvalue weighted by molar-refractivity contribution is 5.50. The van der Waals surface area contributed by atoms with Gasteiger partial charge < -0.3 is 5.32 Å². The molecule has 0 radical (unpaired) electrons. The van der Waals surface area contributed by atoms with E-state index < -0.39 is 4.92 Å². The van der Waals surface area contributed by atoms with Crippen LogP contribution in [0.3, 0.4) is 0 Å². The molecular weight excluding hydrogens is 230 g/mol. The Balaban J connectivity index is 1.90. The van der Waals surface area contributed by atoms with Gasteiger partial charge in [0, 0.05) is 42.7 Å². The van der Waals surface area contributed by atoms with Gasteiger partial charge in [0.1, 0.15) is 0 Å². The molecule has 0 amide bonds. The number of pyridine rings is 1. The smallest absolute Gasteiger partial charge is 0.271 e. The molecule has 92 valence electrons. The van der Waals surface area contributed by atoms with Crippen molar-refractivity contribution in [3.05, 3.63) is 64.5 Å². The molecule has 1 N–H and O–H groups in total. The summed E-state index contributed by atoms with van der Waals surface area (Å²) in [4.78, 5) is 14.4. The molecule has 0 saturated carbocycles. The second-order valence-corrected chi connectivity index (χ2v) is 3.81. The average molecular weight is 243 g/mol. The van der Waals surface area contributed by atoms with Crippen LogP contribution in [0.25, 0.3) is 0 Å². The second-order valence-electron chi connectivity index (χ2n) is 3.81. The van der Waals surface area contributed by atoms with Crippen molar-refractivity contribution in [3.63, 3.8) is 0 Å². The Hall–Kier alpha value is -2.43. The summed E-state index contributed by atoms with van der Waals surface area (Å²) in [6, 6.07) is 12.2. The molecular formula is C13H13N3O2. The maximum Gasteiger partial charge on any atom is 0.271 e. The van der Waals surface area contributed by atoms with E-state index in [1.807, 2.05) is 24.3 Å². The van der Waals surface area contributed by atoms with Crippen molar-refractivity contribution in [1.29, 1.82) is 0 Å². The van der Waals surface area contributed by atoms with Crippen molar-refractivity contribution in [2.45, 2.75) is 6.42 Å². The number of nitro groups is 1. The predicted molar refractivity (Wildman–Crippen MR) is 69.5 cm³/mol. The zero-order chi connectivity index (χ0) is 12.8. The first kappa shape index (κ1) is 12.0. The summed E-state index contributed by atoms with van der Waals surface area (Å²) in [7, 11) is 0. The van der Waals surface area contributed by atoms with Crippen molar-refractivity contribution < 1.29 is 4.92 Å². The Kier molecular flexibility index (Phi) is 3.86. The number of non-ortho nitro benzene ring substituents is 1. The summed E-state index contributed by atoms with van der Waals surface area (Å²) < 4.78 is 0. The summed E-state index contributed by atoms with van der Waals surface area (Å²) in [6.07, 6.45) is 2.53. The van der Waals surface area contributed by atoms with Crippen LogP contribution in [0, 0.1) is 10.1 Å². The number of benzene rings is 1. The molecule has 2 aromatic rings. The number of anilines is 1. The number of rotatable bonds is 5. The third kappa shape index (κ3) is 3.28. The fraction of sp³-hybridized carbons (Fsp3) is 0.154. The van der Waals surface area contributed by atoms with Gasteiger partial charge in [0.15, 0.2) is 0 Å². The Morgan fingerprint density at radius 1 is 1.22 bits per heavy atom. The molecule has 0 spiro atoms. The first-order valence-corrected chi connectivity index (χ1v) is 5.64. The van der Waals surface area contributed by atoms with E-state index in [0.717, 1.165) is 17.8 Å².